The highest BCUT2D eigenvalue weighted by atomic mass is 15.3. The molecule has 0 bridgehead atoms. The van der Waals surface area contributed by atoms with Gasteiger partial charge in [-0.05, 0) is 43.4 Å². The van der Waals surface area contributed by atoms with Crippen molar-refractivity contribution in [2.24, 2.45) is 0 Å². The summed E-state index contributed by atoms with van der Waals surface area (Å²) in [5, 5.41) is 0. The van der Waals surface area contributed by atoms with Gasteiger partial charge in [0.25, 0.3) is 0 Å². The number of piperazine rings is 1. The minimum Gasteiger partial charge on any atom is -0.354 e. The molecule has 2 aliphatic rings. The Balaban J connectivity index is 1.82. The van der Waals surface area contributed by atoms with E-state index in [0.29, 0.717) is 0 Å². The maximum Gasteiger partial charge on any atom is 0.131 e. The van der Waals surface area contributed by atoms with Crippen LogP contribution in [0.3, 0.4) is 0 Å². The Bertz CT molecular complexity index is 432. The van der Waals surface area contributed by atoms with Gasteiger partial charge in [-0.15, -0.1) is 0 Å². The lowest BCUT2D eigenvalue weighted by atomic mass is 10.1. The fraction of sp³-hybridized carbons (Fsp3) is 0.688. The van der Waals surface area contributed by atoms with Crippen molar-refractivity contribution >= 4 is 5.82 Å². The van der Waals surface area contributed by atoms with E-state index < -0.39 is 0 Å². The van der Waals surface area contributed by atoms with E-state index in [1.807, 2.05) is 0 Å². The van der Waals surface area contributed by atoms with E-state index in [4.69, 9.17) is 4.98 Å². The average molecular weight is 259 g/mol. The molecule has 0 radical (unpaired) electrons. The predicted octanol–water partition coefficient (Wildman–Crippen LogP) is 2.66. The molecular formula is C16H25N3. The van der Waals surface area contributed by atoms with Crippen LogP contribution in [0.5, 0.6) is 0 Å². The summed E-state index contributed by atoms with van der Waals surface area (Å²) in [6.45, 7) is 6.79. The number of hydrogen-bond donors (Lipinski definition) is 0. The maximum atomic E-state index is 4.81. The third-order valence-electron chi connectivity index (χ3n) is 4.33. The summed E-state index contributed by atoms with van der Waals surface area (Å²) < 4.78 is 0. The van der Waals surface area contributed by atoms with Crippen molar-refractivity contribution in [3.63, 3.8) is 0 Å². The fourth-order valence-electron chi connectivity index (χ4n) is 2.92. The Hall–Kier alpha value is -1.09. The minimum absolute atomic E-state index is 0.810. The van der Waals surface area contributed by atoms with E-state index in [1.54, 1.807) is 0 Å². The topological polar surface area (TPSA) is 19.4 Å². The summed E-state index contributed by atoms with van der Waals surface area (Å²) in [7, 11) is 2.20. The predicted molar refractivity (Wildman–Crippen MR) is 79.9 cm³/mol. The van der Waals surface area contributed by atoms with Gasteiger partial charge in [-0.25, -0.2) is 4.98 Å². The summed E-state index contributed by atoms with van der Waals surface area (Å²) in [5.41, 5.74) is 2.94. The van der Waals surface area contributed by atoms with E-state index in [9.17, 15) is 0 Å². The summed E-state index contributed by atoms with van der Waals surface area (Å²) in [6, 6.07) is 2.43. The molecule has 3 heteroatoms. The van der Waals surface area contributed by atoms with Crippen molar-refractivity contribution in [2.45, 2.75) is 38.5 Å². The highest BCUT2D eigenvalue weighted by Gasteiger charge is 2.25. The molecule has 2 heterocycles. The number of pyridine rings is 1. The van der Waals surface area contributed by atoms with Crippen LogP contribution in [0.2, 0.25) is 0 Å². The summed E-state index contributed by atoms with van der Waals surface area (Å²) in [5.74, 6) is 2.06. The summed E-state index contributed by atoms with van der Waals surface area (Å²) >= 11 is 0. The molecule has 1 aliphatic heterocycles. The van der Waals surface area contributed by atoms with Crippen LogP contribution in [0, 0.1) is 0 Å². The quantitative estimate of drug-likeness (QED) is 0.828. The molecule has 1 saturated heterocycles. The summed E-state index contributed by atoms with van der Waals surface area (Å²) in [6.07, 6.45) is 7.22. The first-order valence-corrected chi connectivity index (χ1v) is 7.70. The zero-order valence-corrected chi connectivity index (χ0v) is 12.2. The van der Waals surface area contributed by atoms with Crippen LogP contribution < -0.4 is 4.90 Å². The second-order valence-corrected chi connectivity index (χ2v) is 6.07. The van der Waals surface area contributed by atoms with E-state index >= 15 is 0 Å². The van der Waals surface area contributed by atoms with Crippen LogP contribution in [0.25, 0.3) is 0 Å². The van der Waals surface area contributed by atoms with Gasteiger partial charge in [-0.3, -0.25) is 0 Å². The van der Waals surface area contributed by atoms with Crippen molar-refractivity contribution in [2.75, 3.05) is 38.1 Å². The Morgan fingerprint density at radius 3 is 2.58 bits per heavy atom. The lowest BCUT2D eigenvalue weighted by molar-refractivity contribution is 0.312. The number of anilines is 1. The Labute approximate surface area is 116 Å². The number of rotatable bonds is 4. The fourth-order valence-corrected chi connectivity index (χ4v) is 2.92. The molecule has 0 N–H and O–H groups in total. The van der Waals surface area contributed by atoms with Crippen molar-refractivity contribution in [1.82, 2.24) is 9.88 Å². The zero-order valence-electron chi connectivity index (χ0n) is 12.2. The molecule has 104 valence electrons. The summed E-state index contributed by atoms with van der Waals surface area (Å²) in [4.78, 5) is 9.69. The van der Waals surface area contributed by atoms with Gasteiger partial charge < -0.3 is 9.80 Å². The first-order chi connectivity index (χ1) is 9.28. The van der Waals surface area contributed by atoms with Gasteiger partial charge >= 0.3 is 0 Å². The molecule has 0 amide bonds. The number of aryl methyl sites for hydroxylation is 1. The molecule has 1 aromatic rings. The molecule has 0 aromatic carbocycles. The SMILES string of the molecule is CCCc1cc(C2CC2)cnc1N1CCN(C)CC1. The Kier molecular flexibility index (Phi) is 3.74. The van der Waals surface area contributed by atoms with Gasteiger partial charge in [0, 0.05) is 32.4 Å². The molecule has 1 aromatic heterocycles. The number of hydrogen-bond acceptors (Lipinski definition) is 3. The van der Waals surface area contributed by atoms with E-state index in [-0.39, 0.29) is 0 Å². The van der Waals surface area contributed by atoms with Crippen LogP contribution >= 0.6 is 0 Å². The highest BCUT2D eigenvalue weighted by molar-refractivity contribution is 5.49. The first-order valence-electron chi connectivity index (χ1n) is 7.70. The molecule has 2 fully saturated rings. The monoisotopic (exact) mass is 259 g/mol. The van der Waals surface area contributed by atoms with Crippen molar-refractivity contribution in [1.29, 1.82) is 0 Å². The molecule has 1 aliphatic carbocycles. The van der Waals surface area contributed by atoms with Gasteiger partial charge in [0.15, 0.2) is 0 Å². The molecule has 3 nitrogen and oxygen atoms in total. The molecule has 0 atom stereocenters. The van der Waals surface area contributed by atoms with Gasteiger partial charge in [0.2, 0.25) is 0 Å². The van der Waals surface area contributed by atoms with Crippen LogP contribution in [-0.4, -0.2) is 43.1 Å². The van der Waals surface area contributed by atoms with E-state index in [2.05, 4.69) is 36.0 Å². The molecule has 0 spiro atoms. The van der Waals surface area contributed by atoms with Crippen LogP contribution in [0.4, 0.5) is 5.82 Å². The van der Waals surface area contributed by atoms with Crippen molar-refractivity contribution < 1.29 is 0 Å². The highest BCUT2D eigenvalue weighted by Crippen LogP contribution is 2.40. The Morgan fingerprint density at radius 1 is 1.21 bits per heavy atom. The largest absolute Gasteiger partial charge is 0.354 e. The minimum atomic E-state index is 0.810. The second kappa shape index (κ2) is 5.49. The third kappa shape index (κ3) is 2.92. The molecule has 3 rings (SSSR count). The maximum absolute atomic E-state index is 4.81. The molecular weight excluding hydrogens is 234 g/mol. The van der Waals surface area contributed by atoms with Gasteiger partial charge in [0.1, 0.15) is 5.82 Å². The first kappa shape index (κ1) is 12.9. The Morgan fingerprint density at radius 2 is 1.95 bits per heavy atom. The number of nitrogens with zero attached hydrogens (tertiary/aromatic N) is 3. The smallest absolute Gasteiger partial charge is 0.131 e. The lowest BCUT2D eigenvalue weighted by Gasteiger charge is -2.34. The molecule has 1 saturated carbocycles. The van der Waals surface area contributed by atoms with Crippen LogP contribution in [-0.2, 0) is 6.42 Å². The third-order valence-corrected chi connectivity index (χ3v) is 4.33. The number of aromatic nitrogens is 1. The molecule has 19 heavy (non-hydrogen) atoms. The molecule has 0 unspecified atom stereocenters. The van der Waals surface area contributed by atoms with Gasteiger partial charge in [-0.2, -0.15) is 0 Å². The second-order valence-electron chi connectivity index (χ2n) is 6.07. The zero-order chi connectivity index (χ0) is 13.2. The standard InChI is InChI=1S/C16H25N3/c1-3-4-14-11-15(13-5-6-13)12-17-16(14)19-9-7-18(2)8-10-19/h11-13H,3-10H2,1-2H3. The van der Waals surface area contributed by atoms with Crippen molar-refractivity contribution in [3.05, 3.63) is 23.4 Å². The van der Waals surface area contributed by atoms with Crippen LogP contribution in [0.1, 0.15) is 43.2 Å². The van der Waals surface area contributed by atoms with Gasteiger partial charge in [-0.1, -0.05) is 19.4 Å². The lowest BCUT2D eigenvalue weighted by Crippen LogP contribution is -2.45. The number of likely N-dealkylation sites (N-methyl/N-ethyl adjacent to an activating group) is 1. The van der Waals surface area contributed by atoms with Crippen LogP contribution in [0.15, 0.2) is 12.3 Å². The van der Waals surface area contributed by atoms with Gasteiger partial charge in [0.05, 0.1) is 0 Å². The average Bonchev–Trinajstić information content (AvgIpc) is 3.25. The normalized spacial score (nSPS) is 20.8. The van der Waals surface area contributed by atoms with E-state index in [1.165, 1.54) is 36.2 Å². The van der Waals surface area contributed by atoms with E-state index in [0.717, 1.165) is 38.5 Å². The van der Waals surface area contributed by atoms with Crippen molar-refractivity contribution in [3.8, 4) is 0 Å².